The van der Waals surface area contributed by atoms with Crippen molar-refractivity contribution >= 4 is 16.8 Å². The van der Waals surface area contributed by atoms with Gasteiger partial charge in [-0.1, -0.05) is 20.8 Å². The number of nitrogens with one attached hydrogen (secondary N) is 1. The van der Waals surface area contributed by atoms with Gasteiger partial charge in [0.1, 0.15) is 0 Å². The van der Waals surface area contributed by atoms with E-state index in [0.717, 1.165) is 6.54 Å². The van der Waals surface area contributed by atoms with Crippen LogP contribution in [0.3, 0.4) is 0 Å². The van der Waals surface area contributed by atoms with Crippen LogP contribution in [-0.2, 0) is 4.79 Å². The molecule has 0 fully saturated rings. The van der Waals surface area contributed by atoms with Crippen LogP contribution in [0.2, 0.25) is 0 Å². The maximum Gasteiger partial charge on any atom is 0.235 e. The van der Waals surface area contributed by atoms with Gasteiger partial charge in [-0.25, -0.2) is 0 Å². The molecule has 0 amide bonds. The average molecular weight is 164 g/mol. The highest BCUT2D eigenvalue weighted by molar-refractivity contribution is 6.64. The number of halogens is 1. The van der Waals surface area contributed by atoms with E-state index in [4.69, 9.17) is 11.6 Å². The first-order chi connectivity index (χ1) is 4.42. The molecule has 0 aromatic rings. The zero-order chi connectivity index (χ0) is 8.20. The molecule has 0 rings (SSSR count). The van der Waals surface area contributed by atoms with E-state index >= 15 is 0 Å². The van der Waals surface area contributed by atoms with Crippen molar-refractivity contribution in [3.8, 4) is 0 Å². The van der Waals surface area contributed by atoms with Gasteiger partial charge >= 0.3 is 0 Å². The summed E-state index contributed by atoms with van der Waals surface area (Å²) in [6.45, 7) is 7.36. The van der Waals surface area contributed by atoms with Crippen molar-refractivity contribution in [3.05, 3.63) is 0 Å². The Hall–Kier alpha value is -0.0800. The summed E-state index contributed by atoms with van der Waals surface area (Å²) in [7, 11) is 0. The topological polar surface area (TPSA) is 29.1 Å². The van der Waals surface area contributed by atoms with Crippen molar-refractivity contribution in [2.24, 2.45) is 5.41 Å². The second kappa shape index (κ2) is 3.94. The molecular formula is C7H14ClNO. The summed E-state index contributed by atoms with van der Waals surface area (Å²) in [5.74, 6) is 0. The summed E-state index contributed by atoms with van der Waals surface area (Å²) in [6.07, 6.45) is 0. The molecule has 0 atom stereocenters. The van der Waals surface area contributed by atoms with E-state index in [2.05, 4.69) is 26.1 Å². The van der Waals surface area contributed by atoms with E-state index in [1.807, 2.05) is 0 Å². The van der Waals surface area contributed by atoms with E-state index in [9.17, 15) is 4.79 Å². The number of carbonyl (C=O) groups is 1. The highest BCUT2D eigenvalue weighted by Gasteiger charge is 2.08. The predicted molar refractivity (Wildman–Crippen MR) is 43.2 cm³/mol. The molecule has 0 radical (unpaired) electrons. The lowest BCUT2D eigenvalue weighted by atomic mass is 9.97. The summed E-state index contributed by atoms with van der Waals surface area (Å²) >= 11 is 5.11. The van der Waals surface area contributed by atoms with E-state index in [0.29, 0.717) is 0 Å². The molecule has 0 unspecified atom stereocenters. The summed E-state index contributed by atoms with van der Waals surface area (Å²) in [4.78, 5) is 10.2. The first-order valence-electron chi connectivity index (χ1n) is 3.31. The Morgan fingerprint density at radius 3 is 2.30 bits per heavy atom. The monoisotopic (exact) mass is 163 g/mol. The number of rotatable bonds is 3. The second-order valence-electron chi connectivity index (χ2n) is 3.52. The minimum absolute atomic E-state index is 0.215. The lowest BCUT2D eigenvalue weighted by Gasteiger charge is -2.17. The minimum atomic E-state index is -0.329. The first-order valence-corrected chi connectivity index (χ1v) is 3.69. The first kappa shape index (κ1) is 9.92. The van der Waals surface area contributed by atoms with Crippen molar-refractivity contribution < 1.29 is 4.79 Å². The van der Waals surface area contributed by atoms with Gasteiger partial charge in [0.05, 0.1) is 6.54 Å². The number of carbonyl (C=O) groups excluding carboxylic acids is 1. The minimum Gasteiger partial charge on any atom is -0.308 e. The van der Waals surface area contributed by atoms with E-state index in [1.54, 1.807) is 0 Å². The van der Waals surface area contributed by atoms with Crippen molar-refractivity contribution in [2.45, 2.75) is 20.8 Å². The zero-order valence-corrected chi connectivity index (χ0v) is 7.46. The number of hydrogen-bond acceptors (Lipinski definition) is 2. The van der Waals surface area contributed by atoms with E-state index < -0.39 is 0 Å². The van der Waals surface area contributed by atoms with E-state index in [1.165, 1.54) is 0 Å². The van der Waals surface area contributed by atoms with E-state index in [-0.39, 0.29) is 17.2 Å². The third kappa shape index (κ3) is 7.92. The molecule has 2 nitrogen and oxygen atoms in total. The van der Waals surface area contributed by atoms with Gasteiger partial charge in [0.15, 0.2) is 0 Å². The fraction of sp³-hybridized carbons (Fsp3) is 0.857. The lowest BCUT2D eigenvalue weighted by molar-refractivity contribution is -0.111. The quantitative estimate of drug-likeness (QED) is 0.638. The summed E-state index contributed by atoms with van der Waals surface area (Å²) in [5.41, 5.74) is 0.215. The Bertz CT molecular complexity index is 117. The molecule has 0 aromatic carbocycles. The number of hydrogen-bond donors (Lipinski definition) is 1. The van der Waals surface area contributed by atoms with Gasteiger partial charge in [-0.2, -0.15) is 0 Å². The van der Waals surface area contributed by atoms with Gasteiger partial charge < -0.3 is 5.32 Å². The van der Waals surface area contributed by atoms with Crippen LogP contribution in [0.25, 0.3) is 0 Å². The summed E-state index contributed by atoms with van der Waals surface area (Å²) in [6, 6.07) is 0. The van der Waals surface area contributed by atoms with Crippen molar-refractivity contribution in [1.82, 2.24) is 5.32 Å². The molecule has 0 heterocycles. The second-order valence-corrected chi connectivity index (χ2v) is 3.94. The van der Waals surface area contributed by atoms with Crippen molar-refractivity contribution in [3.63, 3.8) is 0 Å². The van der Waals surface area contributed by atoms with Crippen LogP contribution in [-0.4, -0.2) is 18.3 Å². The molecule has 60 valence electrons. The zero-order valence-electron chi connectivity index (χ0n) is 6.70. The van der Waals surface area contributed by atoms with Crippen LogP contribution < -0.4 is 5.32 Å². The molecule has 0 bridgehead atoms. The predicted octanol–water partition coefficient (Wildman–Crippen LogP) is 1.39. The van der Waals surface area contributed by atoms with Gasteiger partial charge in [-0.05, 0) is 17.0 Å². The maximum atomic E-state index is 10.2. The van der Waals surface area contributed by atoms with Crippen molar-refractivity contribution in [1.29, 1.82) is 0 Å². The van der Waals surface area contributed by atoms with Crippen LogP contribution in [0.1, 0.15) is 20.8 Å². The molecule has 10 heavy (non-hydrogen) atoms. The van der Waals surface area contributed by atoms with Crippen LogP contribution in [0.15, 0.2) is 0 Å². The molecule has 3 heteroatoms. The van der Waals surface area contributed by atoms with Gasteiger partial charge in [-0.15, -0.1) is 0 Å². The molecule has 1 N–H and O–H groups in total. The molecule has 0 aliphatic heterocycles. The Labute approximate surface area is 66.9 Å². The molecular weight excluding hydrogens is 150 g/mol. The van der Waals surface area contributed by atoms with Gasteiger partial charge in [0, 0.05) is 6.54 Å². The van der Waals surface area contributed by atoms with Crippen LogP contribution in [0, 0.1) is 5.41 Å². The van der Waals surface area contributed by atoms with Gasteiger partial charge in [0.2, 0.25) is 5.24 Å². The molecule has 0 aliphatic rings. The smallest absolute Gasteiger partial charge is 0.235 e. The van der Waals surface area contributed by atoms with Crippen LogP contribution in [0.4, 0.5) is 0 Å². The molecule has 0 aliphatic carbocycles. The summed E-state index contributed by atoms with van der Waals surface area (Å²) < 4.78 is 0. The SMILES string of the molecule is CC(C)(C)CNCC(=O)Cl. The van der Waals surface area contributed by atoms with Gasteiger partial charge in [-0.3, -0.25) is 4.79 Å². The Kier molecular flexibility index (Phi) is 3.91. The standard InChI is InChI=1S/C7H14ClNO/c1-7(2,3)5-9-4-6(8)10/h9H,4-5H2,1-3H3. The highest BCUT2D eigenvalue weighted by Crippen LogP contribution is 2.09. The molecule has 0 saturated carbocycles. The maximum absolute atomic E-state index is 10.2. The van der Waals surface area contributed by atoms with Crippen LogP contribution >= 0.6 is 11.6 Å². The Morgan fingerprint density at radius 1 is 1.50 bits per heavy atom. The summed E-state index contributed by atoms with van der Waals surface area (Å²) in [5, 5.41) is 2.61. The molecule has 0 saturated heterocycles. The van der Waals surface area contributed by atoms with Crippen molar-refractivity contribution in [2.75, 3.05) is 13.1 Å². The Balaban J connectivity index is 3.29. The molecule has 0 spiro atoms. The lowest BCUT2D eigenvalue weighted by Crippen LogP contribution is -2.29. The third-order valence-corrected chi connectivity index (χ3v) is 1.05. The third-order valence-electron chi connectivity index (χ3n) is 0.919. The van der Waals surface area contributed by atoms with Crippen LogP contribution in [0.5, 0.6) is 0 Å². The average Bonchev–Trinajstić information content (AvgIpc) is 1.59. The largest absolute Gasteiger partial charge is 0.308 e. The fourth-order valence-electron chi connectivity index (χ4n) is 0.536. The highest BCUT2D eigenvalue weighted by atomic mass is 35.5. The molecule has 0 aromatic heterocycles. The Morgan fingerprint density at radius 2 is 2.00 bits per heavy atom. The fourth-order valence-corrected chi connectivity index (χ4v) is 0.630. The normalized spacial score (nSPS) is 11.6. The van der Waals surface area contributed by atoms with Gasteiger partial charge in [0.25, 0.3) is 0 Å².